The van der Waals surface area contributed by atoms with Gasteiger partial charge < -0.3 is 18.6 Å². The van der Waals surface area contributed by atoms with Gasteiger partial charge in [0.1, 0.15) is 34.2 Å². The second-order valence-electron chi connectivity index (χ2n) is 7.48. The summed E-state index contributed by atoms with van der Waals surface area (Å²) in [5.74, 6) is 1.40. The third-order valence-corrected chi connectivity index (χ3v) is 5.25. The molecule has 0 amide bonds. The third-order valence-electron chi connectivity index (χ3n) is 5.25. The van der Waals surface area contributed by atoms with Gasteiger partial charge in [0.05, 0.1) is 13.7 Å². The van der Waals surface area contributed by atoms with Crippen molar-refractivity contribution in [3.63, 3.8) is 0 Å². The highest BCUT2D eigenvalue weighted by atomic mass is 16.5. The second kappa shape index (κ2) is 10.1. The van der Waals surface area contributed by atoms with E-state index in [4.69, 9.17) is 18.6 Å². The maximum Gasteiger partial charge on any atom is 0.347 e. The number of carbonyl (C=O) groups excluding carboxylic acids is 2. The monoisotopic (exact) mass is 456 g/mol. The van der Waals surface area contributed by atoms with E-state index in [0.29, 0.717) is 51.7 Å². The lowest BCUT2D eigenvalue weighted by Gasteiger charge is -2.06. The van der Waals surface area contributed by atoms with E-state index < -0.39 is 5.97 Å². The van der Waals surface area contributed by atoms with Crippen LogP contribution >= 0.6 is 0 Å². The van der Waals surface area contributed by atoms with Crippen LogP contribution in [0.25, 0.3) is 17.0 Å². The van der Waals surface area contributed by atoms with Gasteiger partial charge in [-0.05, 0) is 74.5 Å². The van der Waals surface area contributed by atoms with Crippen molar-refractivity contribution in [1.82, 2.24) is 0 Å². The largest absolute Gasteiger partial charge is 0.496 e. The van der Waals surface area contributed by atoms with Crippen molar-refractivity contribution in [1.29, 1.82) is 0 Å². The summed E-state index contributed by atoms with van der Waals surface area (Å²) in [6.45, 7) is 4.12. The molecule has 0 atom stereocenters. The van der Waals surface area contributed by atoms with Gasteiger partial charge in [0.15, 0.2) is 5.78 Å². The molecule has 1 aromatic heterocycles. The molecular weight excluding hydrogens is 432 g/mol. The number of ketones is 1. The van der Waals surface area contributed by atoms with Crippen LogP contribution < -0.4 is 14.2 Å². The second-order valence-corrected chi connectivity index (χ2v) is 7.48. The fourth-order valence-corrected chi connectivity index (χ4v) is 3.62. The van der Waals surface area contributed by atoms with Gasteiger partial charge in [-0.3, -0.25) is 4.79 Å². The SMILES string of the molecule is CCOc1ccc2oc(C)c(C(=O)Oc3ccc(C(=O)/C=C/c4ccccc4OC)cc3)c2c1. The number of aryl methyl sites for hydroxylation is 1. The molecule has 0 aliphatic carbocycles. The van der Waals surface area contributed by atoms with E-state index in [1.54, 1.807) is 62.6 Å². The standard InChI is InChI=1S/C28H24O6/c1-4-32-22-14-16-26-23(17-22)27(18(2)33-26)28(30)34-21-12-9-19(10-13-21)24(29)15-11-20-7-5-6-8-25(20)31-3/h5-17H,4H2,1-3H3/b15-11+. The van der Waals surface area contributed by atoms with Crippen molar-refractivity contribution in [3.8, 4) is 17.2 Å². The Balaban J connectivity index is 1.49. The first-order chi connectivity index (χ1) is 16.5. The van der Waals surface area contributed by atoms with Crippen LogP contribution in [0.5, 0.6) is 17.2 Å². The van der Waals surface area contributed by atoms with Gasteiger partial charge in [0, 0.05) is 16.5 Å². The summed E-state index contributed by atoms with van der Waals surface area (Å²) in [5.41, 5.74) is 2.20. The Labute approximate surface area is 197 Å². The molecule has 0 aliphatic rings. The number of carbonyl (C=O) groups is 2. The van der Waals surface area contributed by atoms with Crippen LogP contribution in [-0.4, -0.2) is 25.5 Å². The van der Waals surface area contributed by atoms with Gasteiger partial charge in [0.2, 0.25) is 0 Å². The molecular formula is C28H24O6. The average molecular weight is 456 g/mol. The van der Waals surface area contributed by atoms with E-state index in [9.17, 15) is 9.59 Å². The Morgan fingerprint density at radius 2 is 1.71 bits per heavy atom. The number of rotatable bonds is 8. The van der Waals surface area contributed by atoms with E-state index in [-0.39, 0.29) is 5.78 Å². The van der Waals surface area contributed by atoms with Gasteiger partial charge >= 0.3 is 5.97 Å². The molecule has 0 saturated heterocycles. The number of allylic oxidation sites excluding steroid dienone is 1. The van der Waals surface area contributed by atoms with Gasteiger partial charge in [0.25, 0.3) is 0 Å². The quantitative estimate of drug-likeness (QED) is 0.135. The lowest BCUT2D eigenvalue weighted by Crippen LogP contribution is -2.09. The van der Waals surface area contributed by atoms with Crippen molar-refractivity contribution in [2.75, 3.05) is 13.7 Å². The first-order valence-corrected chi connectivity index (χ1v) is 10.8. The highest BCUT2D eigenvalue weighted by molar-refractivity contribution is 6.07. The molecule has 0 saturated carbocycles. The van der Waals surface area contributed by atoms with Crippen molar-refractivity contribution in [2.45, 2.75) is 13.8 Å². The molecule has 6 nitrogen and oxygen atoms in total. The topological polar surface area (TPSA) is 75.0 Å². The van der Waals surface area contributed by atoms with Gasteiger partial charge in [-0.25, -0.2) is 4.79 Å². The number of furan rings is 1. The predicted molar refractivity (Wildman–Crippen MR) is 130 cm³/mol. The summed E-state index contributed by atoms with van der Waals surface area (Å²) >= 11 is 0. The van der Waals surface area contributed by atoms with Crippen LogP contribution in [-0.2, 0) is 0 Å². The normalized spacial score (nSPS) is 11.0. The minimum atomic E-state index is -0.542. The highest BCUT2D eigenvalue weighted by Gasteiger charge is 2.21. The van der Waals surface area contributed by atoms with Gasteiger partial charge in [-0.2, -0.15) is 0 Å². The van der Waals surface area contributed by atoms with Gasteiger partial charge in [-0.15, -0.1) is 0 Å². The van der Waals surface area contributed by atoms with Crippen LogP contribution in [0.1, 0.15) is 39.0 Å². The van der Waals surface area contributed by atoms with Crippen LogP contribution in [0.15, 0.2) is 77.2 Å². The molecule has 0 radical (unpaired) electrons. The van der Waals surface area contributed by atoms with Crippen molar-refractivity contribution >= 4 is 28.8 Å². The number of para-hydroxylation sites is 1. The average Bonchev–Trinajstić information content (AvgIpc) is 3.18. The van der Waals surface area contributed by atoms with Crippen LogP contribution in [0.2, 0.25) is 0 Å². The number of fused-ring (bicyclic) bond motifs is 1. The van der Waals surface area contributed by atoms with Crippen molar-refractivity contribution in [3.05, 3.63) is 95.3 Å². The summed E-state index contributed by atoms with van der Waals surface area (Å²) in [5, 5.41) is 0.627. The summed E-state index contributed by atoms with van der Waals surface area (Å²) in [4.78, 5) is 25.5. The molecule has 1 heterocycles. The maximum atomic E-state index is 12.9. The zero-order valence-corrected chi connectivity index (χ0v) is 19.2. The predicted octanol–water partition coefficient (Wildman–Crippen LogP) is 6.26. The van der Waals surface area contributed by atoms with Crippen LogP contribution in [0.3, 0.4) is 0 Å². The van der Waals surface area contributed by atoms with Gasteiger partial charge in [-0.1, -0.05) is 18.2 Å². The number of hydrogen-bond donors (Lipinski definition) is 0. The third kappa shape index (κ3) is 4.86. The van der Waals surface area contributed by atoms with E-state index in [1.807, 2.05) is 31.2 Å². The van der Waals surface area contributed by atoms with Crippen molar-refractivity contribution in [2.24, 2.45) is 0 Å². The smallest absolute Gasteiger partial charge is 0.347 e. The zero-order chi connectivity index (χ0) is 24.1. The number of benzene rings is 3. The molecule has 34 heavy (non-hydrogen) atoms. The molecule has 6 heteroatoms. The Morgan fingerprint density at radius 3 is 2.44 bits per heavy atom. The van der Waals surface area contributed by atoms with Crippen molar-refractivity contribution < 1.29 is 28.2 Å². The Hall–Kier alpha value is -4.32. The van der Waals surface area contributed by atoms with E-state index >= 15 is 0 Å². The molecule has 4 rings (SSSR count). The van der Waals surface area contributed by atoms with E-state index in [1.165, 1.54) is 6.08 Å². The summed E-state index contributed by atoms with van der Waals surface area (Å²) in [6, 6.07) is 19.2. The minimum absolute atomic E-state index is 0.177. The maximum absolute atomic E-state index is 12.9. The lowest BCUT2D eigenvalue weighted by molar-refractivity contribution is 0.0734. The molecule has 0 N–H and O–H groups in total. The molecule has 0 unspecified atom stereocenters. The number of hydrogen-bond acceptors (Lipinski definition) is 6. The number of esters is 1. The van der Waals surface area contributed by atoms with E-state index in [0.717, 1.165) is 5.56 Å². The highest BCUT2D eigenvalue weighted by Crippen LogP contribution is 2.30. The Kier molecular flexibility index (Phi) is 6.78. The van der Waals surface area contributed by atoms with Crippen LogP contribution in [0.4, 0.5) is 0 Å². The summed E-state index contributed by atoms with van der Waals surface area (Å²) in [7, 11) is 1.58. The fraction of sp³-hybridized carbons (Fsp3) is 0.143. The number of ether oxygens (including phenoxy) is 3. The summed E-state index contributed by atoms with van der Waals surface area (Å²) < 4.78 is 22.1. The molecule has 172 valence electrons. The number of methoxy groups -OCH3 is 1. The Morgan fingerprint density at radius 1 is 0.971 bits per heavy atom. The first-order valence-electron chi connectivity index (χ1n) is 10.8. The lowest BCUT2D eigenvalue weighted by atomic mass is 10.1. The molecule has 0 fully saturated rings. The first kappa shape index (κ1) is 22.9. The van der Waals surface area contributed by atoms with Crippen LogP contribution in [0, 0.1) is 6.92 Å². The molecule has 0 bridgehead atoms. The molecule has 0 aliphatic heterocycles. The summed E-state index contributed by atoms with van der Waals surface area (Å²) in [6.07, 6.45) is 3.19. The molecule has 4 aromatic rings. The molecule has 0 spiro atoms. The molecule has 3 aromatic carbocycles. The fourth-order valence-electron chi connectivity index (χ4n) is 3.62. The van der Waals surface area contributed by atoms with E-state index in [2.05, 4.69) is 0 Å². The Bertz CT molecular complexity index is 1360. The minimum Gasteiger partial charge on any atom is -0.496 e. The zero-order valence-electron chi connectivity index (χ0n) is 19.2.